The molecular formula is C25H22ClFN4O3S. The number of halogens is 2. The summed E-state index contributed by atoms with van der Waals surface area (Å²) >= 11 is 11.3. The van der Waals surface area contributed by atoms with Crippen molar-refractivity contribution in [1.29, 1.82) is 0 Å². The molecule has 1 fully saturated rings. The smallest absolute Gasteiger partial charge is 0.256 e. The van der Waals surface area contributed by atoms with Crippen LogP contribution in [0.4, 0.5) is 15.9 Å². The zero-order valence-electron chi connectivity index (χ0n) is 18.8. The number of rotatable bonds is 8. The number of thiocarbonyl (C=S) groups is 1. The third-order valence-electron chi connectivity index (χ3n) is 5.53. The molecule has 35 heavy (non-hydrogen) atoms. The van der Waals surface area contributed by atoms with Gasteiger partial charge >= 0.3 is 0 Å². The predicted octanol–water partition coefficient (Wildman–Crippen LogP) is 4.29. The quantitative estimate of drug-likeness (QED) is 0.438. The van der Waals surface area contributed by atoms with Crippen molar-refractivity contribution in [2.24, 2.45) is 0 Å². The lowest BCUT2D eigenvalue weighted by atomic mass is 10.0. The summed E-state index contributed by atoms with van der Waals surface area (Å²) in [7, 11) is 1.52. The standard InChI is InChI=1S/C25H22ClFN4O3S/c1-34-19-9-11-22(28-14-19)30-23(32)13-21-24(33)31(25(35)29-21)18-8-10-20(27)16(12-18)5-2-15-3-6-17(26)7-4-15/h3-4,6-12,14,21H,2,5,13H2,1H3,(H,29,35)(H,28,30,32). The molecule has 0 bridgehead atoms. The molecule has 2 aromatic carbocycles. The number of amides is 2. The fourth-order valence-corrected chi connectivity index (χ4v) is 4.15. The van der Waals surface area contributed by atoms with Crippen molar-refractivity contribution >= 4 is 52.3 Å². The molecule has 3 aromatic rings. The van der Waals surface area contributed by atoms with Crippen LogP contribution in [0.2, 0.25) is 5.02 Å². The zero-order chi connectivity index (χ0) is 24.9. The maximum Gasteiger partial charge on any atom is 0.256 e. The van der Waals surface area contributed by atoms with Gasteiger partial charge in [-0.2, -0.15) is 0 Å². The molecule has 4 rings (SSSR count). The van der Waals surface area contributed by atoms with Gasteiger partial charge < -0.3 is 15.4 Å². The fourth-order valence-electron chi connectivity index (χ4n) is 3.69. The first-order valence-corrected chi connectivity index (χ1v) is 11.6. The Labute approximate surface area is 212 Å². The van der Waals surface area contributed by atoms with Crippen LogP contribution in [0.25, 0.3) is 0 Å². The molecule has 0 aliphatic carbocycles. The maximum absolute atomic E-state index is 14.5. The molecular weight excluding hydrogens is 491 g/mol. The molecule has 0 radical (unpaired) electrons. The van der Waals surface area contributed by atoms with E-state index in [1.165, 1.54) is 30.3 Å². The Hall–Kier alpha value is -3.56. The van der Waals surface area contributed by atoms with Crippen molar-refractivity contribution in [2.75, 3.05) is 17.3 Å². The van der Waals surface area contributed by atoms with E-state index in [-0.39, 0.29) is 23.3 Å². The van der Waals surface area contributed by atoms with Crippen LogP contribution in [0, 0.1) is 5.82 Å². The highest BCUT2D eigenvalue weighted by Gasteiger charge is 2.37. The number of pyridine rings is 1. The number of nitrogens with zero attached hydrogens (tertiary/aromatic N) is 2. The molecule has 0 spiro atoms. The van der Waals surface area contributed by atoms with Crippen molar-refractivity contribution in [2.45, 2.75) is 25.3 Å². The van der Waals surface area contributed by atoms with E-state index in [0.717, 1.165) is 5.56 Å². The first-order chi connectivity index (χ1) is 16.8. The minimum Gasteiger partial charge on any atom is -0.495 e. The molecule has 10 heteroatoms. The SMILES string of the molecule is COc1ccc(NC(=O)CC2NC(=S)N(c3ccc(F)c(CCc4ccc(Cl)cc4)c3)C2=O)nc1. The second-order valence-corrected chi connectivity index (χ2v) is 8.74. The van der Waals surface area contributed by atoms with Gasteiger partial charge in [-0.3, -0.25) is 14.5 Å². The molecule has 1 aliphatic heterocycles. The van der Waals surface area contributed by atoms with Gasteiger partial charge in [0.15, 0.2) is 5.11 Å². The van der Waals surface area contributed by atoms with Gasteiger partial charge in [0.25, 0.3) is 5.91 Å². The first kappa shape index (κ1) is 24.6. The summed E-state index contributed by atoms with van der Waals surface area (Å²) in [6, 6.07) is 14.2. The summed E-state index contributed by atoms with van der Waals surface area (Å²) in [6.07, 6.45) is 2.37. The highest BCUT2D eigenvalue weighted by Crippen LogP contribution is 2.25. The van der Waals surface area contributed by atoms with Gasteiger partial charge in [0, 0.05) is 5.02 Å². The summed E-state index contributed by atoms with van der Waals surface area (Å²) in [5.74, 6) is -0.256. The normalized spacial score (nSPS) is 15.2. The lowest BCUT2D eigenvalue weighted by Gasteiger charge is -2.16. The first-order valence-electron chi connectivity index (χ1n) is 10.8. The molecule has 1 aromatic heterocycles. The lowest BCUT2D eigenvalue weighted by molar-refractivity contribution is -0.122. The third kappa shape index (κ3) is 5.93. The van der Waals surface area contributed by atoms with E-state index in [9.17, 15) is 14.0 Å². The van der Waals surface area contributed by atoms with E-state index in [1.54, 1.807) is 30.3 Å². The summed E-state index contributed by atoms with van der Waals surface area (Å²) in [5, 5.41) is 6.33. The molecule has 7 nitrogen and oxygen atoms in total. The van der Waals surface area contributed by atoms with Crippen LogP contribution < -0.4 is 20.3 Å². The minimum atomic E-state index is -0.844. The molecule has 0 saturated carbocycles. The second-order valence-electron chi connectivity index (χ2n) is 7.91. The zero-order valence-corrected chi connectivity index (χ0v) is 20.3. The minimum absolute atomic E-state index is 0.145. The van der Waals surface area contributed by atoms with E-state index < -0.39 is 11.9 Å². The monoisotopic (exact) mass is 512 g/mol. The van der Waals surface area contributed by atoms with Gasteiger partial charge in [0.05, 0.1) is 25.4 Å². The van der Waals surface area contributed by atoms with Crippen LogP contribution >= 0.6 is 23.8 Å². The molecule has 1 aliphatic rings. The molecule has 2 N–H and O–H groups in total. The second kappa shape index (κ2) is 10.8. The van der Waals surface area contributed by atoms with Crippen molar-refractivity contribution in [3.63, 3.8) is 0 Å². The largest absolute Gasteiger partial charge is 0.495 e. The Morgan fingerprint density at radius 1 is 1.20 bits per heavy atom. The lowest BCUT2D eigenvalue weighted by Crippen LogP contribution is -2.34. The van der Waals surface area contributed by atoms with E-state index >= 15 is 0 Å². The number of nitrogens with one attached hydrogen (secondary N) is 2. The van der Waals surface area contributed by atoms with Gasteiger partial charge in [-0.15, -0.1) is 0 Å². The van der Waals surface area contributed by atoms with Gasteiger partial charge in [-0.1, -0.05) is 23.7 Å². The predicted molar refractivity (Wildman–Crippen MR) is 136 cm³/mol. The van der Waals surface area contributed by atoms with Gasteiger partial charge in [-0.05, 0) is 78.7 Å². The van der Waals surface area contributed by atoms with Gasteiger partial charge in [0.2, 0.25) is 5.91 Å². The van der Waals surface area contributed by atoms with E-state index in [0.29, 0.717) is 40.7 Å². The third-order valence-corrected chi connectivity index (χ3v) is 6.08. The van der Waals surface area contributed by atoms with Crippen LogP contribution in [0.5, 0.6) is 5.75 Å². The number of carbonyl (C=O) groups is 2. The summed E-state index contributed by atoms with van der Waals surface area (Å²) in [6.45, 7) is 0. The Morgan fingerprint density at radius 3 is 2.66 bits per heavy atom. The number of carbonyl (C=O) groups excluding carboxylic acids is 2. The Bertz CT molecular complexity index is 1250. The molecule has 1 atom stereocenters. The highest BCUT2D eigenvalue weighted by molar-refractivity contribution is 7.80. The molecule has 180 valence electrons. The van der Waals surface area contributed by atoms with E-state index in [2.05, 4.69) is 15.6 Å². The fraction of sp³-hybridized carbons (Fsp3) is 0.200. The number of hydrogen-bond donors (Lipinski definition) is 2. The van der Waals surface area contributed by atoms with E-state index in [1.807, 2.05) is 12.1 Å². The Morgan fingerprint density at radius 2 is 1.97 bits per heavy atom. The number of benzene rings is 2. The topological polar surface area (TPSA) is 83.6 Å². The molecule has 2 heterocycles. The maximum atomic E-state index is 14.5. The summed E-state index contributed by atoms with van der Waals surface area (Å²) < 4.78 is 19.5. The highest BCUT2D eigenvalue weighted by atomic mass is 35.5. The number of hydrogen-bond acceptors (Lipinski definition) is 5. The number of aromatic nitrogens is 1. The number of aryl methyl sites for hydroxylation is 2. The van der Waals surface area contributed by atoms with E-state index in [4.69, 9.17) is 28.6 Å². The van der Waals surface area contributed by atoms with Crippen molar-refractivity contribution in [3.8, 4) is 5.75 Å². The van der Waals surface area contributed by atoms with Crippen LogP contribution in [0.15, 0.2) is 60.8 Å². The van der Waals surface area contributed by atoms with Gasteiger partial charge in [-0.25, -0.2) is 9.37 Å². The van der Waals surface area contributed by atoms with Crippen LogP contribution in [-0.4, -0.2) is 35.1 Å². The average Bonchev–Trinajstić information content (AvgIpc) is 3.12. The van der Waals surface area contributed by atoms with Crippen molar-refractivity contribution < 1.29 is 18.7 Å². The van der Waals surface area contributed by atoms with Gasteiger partial charge in [0.1, 0.15) is 23.4 Å². The number of methoxy groups -OCH3 is 1. The number of anilines is 2. The summed E-state index contributed by atoms with van der Waals surface area (Å²) in [4.78, 5) is 30.9. The molecule has 1 saturated heterocycles. The molecule has 2 amide bonds. The van der Waals surface area contributed by atoms with Crippen LogP contribution in [-0.2, 0) is 22.4 Å². The Kier molecular flexibility index (Phi) is 7.57. The van der Waals surface area contributed by atoms with Crippen LogP contribution in [0.1, 0.15) is 17.5 Å². The average molecular weight is 513 g/mol. The molecule has 1 unspecified atom stereocenters. The summed E-state index contributed by atoms with van der Waals surface area (Å²) in [5.41, 5.74) is 1.92. The van der Waals surface area contributed by atoms with Crippen LogP contribution in [0.3, 0.4) is 0 Å². The van der Waals surface area contributed by atoms with Crippen molar-refractivity contribution in [3.05, 3.63) is 82.8 Å². The number of ether oxygens (including phenoxy) is 1. The Balaban J connectivity index is 1.41. The van der Waals surface area contributed by atoms with Crippen molar-refractivity contribution in [1.82, 2.24) is 10.3 Å².